The molecule has 0 aromatic carbocycles. The average molecular weight is 223 g/mol. The summed E-state index contributed by atoms with van der Waals surface area (Å²) < 4.78 is 39.1. The summed E-state index contributed by atoms with van der Waals surface area (Å²) in [6.07, 6.45) is -2.73. The summed E-state index contributed by atoms with van der Waals surface area (Å²) in [5.41, 5.74) is 0.211. The minimum Gasteiger partial charge on any atom is -0.364 e. The van der Waals surface area contributed by atoms with Crippen LogP contribution < -0.4 is 0 Å². The molecule has 0 radical (unpaired) electrons. The van der Waals surface area contributed by atoms with Crippen LogP contribution in [-0.2, 0) is 9.53 Å². The summed E-state index contributed by atoms with van der Waals surface area (Å²) in [6, 6.07) is -0.399. The predicted molar refractivity (Wildman–Crippen MR) is 46.9 cm³/mol. The highest BCUT2D eigenvalue weighted by atomic mass is 19.4. The molecule has 1 heterocycles. The molecule has 1 aliphatic heterocycles. The number of allylic oxidation sites excluding steroid dienone is 1. The Morgan fingerprint density at radius 1 is 1.60 bits per heavy atom. The van der Waals surface area contributed by atoms with Crippen LogP contribution in [0.4, 0.5) is 13.2 Å². The third-order valence-electron chi connectivity index (χ3n) is 2.32. The smallest absolute Gasteiger partial charge is 0.364 e. The molecule has 0 aromatic rings. The number of aldehydes is 1. The van der Waals surface area contributed by atoms with E-state index in [2.05, 4.69) is 11.3 Å². The highest BCUT2D eigenvalue weighted by molar-refractivity contribution is 5.71. The molecular formula is C9H12F3NO2. The van der Waals surface area contributed by atoms with Crippen molar-refractivity contribution in [1.29, 1.82) is 0 Å². The van der Waals surface area contributed by atoms with Crippen molar-refractivity contribution in [2.24, 2.45) is 0 Å². The van der Waals surface area contributed by atoms with Crippen molar-refractivity contribution in [3.8, 4) is 0 Å². The van der Waals surface area contributed by atoms with E-state index < -0.39 is 19.0 Å². The van der Waals surface area contributed by atoms with Crippen molar-refractivity contribution >= 4 is 6.29 Å². The van der Waals surface area contributed by atoms with Crippen LogP contribution in [0, 0.1) is 0 Å². The molecule has 0 aliphatic carbocycles. The largest absolute Gasteiger partial charge is 0.522 e. The van der Waals surface area contributed by atoms with Gasteiger partial charge in [-0.25, -0.2) is 0 Å². The van der Waals surface area contributed by atoms with Crippen LogP contribution in [0.1, 0.15) is 12.8 Å². The van der Waals surface area contributed by atoms with Gasteiger partial charge in [0.15, 0.2) is 6.29 Å². The molecule has 0 bridgehead atoms. The molecular weight excluding hydrogens is 211 g/mol. The van der Waals surface area contributed by atoms with E-state index in [0.29, 0.717) is 19.3 Å². The van der Waals surface area contributed by atoms with Gasteiger partial charge in [0, 0.05) is 6.54 Å². The quantitative estimate of drug-likeness (QED) is 0.536. The third kappa shape index (κ3) is 3.54. The van der Waals surface area contributed by atoms with E-state index in [1.165, 1.54) is 0 Å². The van der Waals surface area contributed by atoms with Gasteiger partial charge in [-0.3, -0.25) is 9.53 Å². The second-order valence-electron chi connectivity index (χ2n) is 3.36. The molecule has 15 heavy (non-hydrogen) atoms. The van der Waals surface area contributed by atoms with Crippen molar-refractivity contribution < 1.29 is 22.7 Å². The van der Waals surface area contributed by atoms with Gasteiger partial charge in [0.25, 0.3) is 0 Å². The Hall–Kier alpha value is -1.04. The number of likely N-dealkylation sites (tertiary alicyclic amines) is 1. The fourth-order valence-electron chi connectivity index (χ4n) is 1.65. The van der Waals surface area contributed by atoms with Gasteiger partial charge >= 0.3 is 6.36 Å². The number of halogens is 3. The molecule has 1 saturated heterocycles. The molecule has 0 amide bonds. The summed E-state index contributed by atoms with van der Waals surface area (Å²) in [5.74, 6) is 0. The van der Waals surface area contributed by atoms with Crippen LogP contribution in [0.25, 0.3) is 0 Å². The highest BCUT2D eigenvalue weighted by Gasteiger charge is 2.33. The maximum Gasteiger partial charge on any atom is 0.522 e. The van der Waals surface area contributed by atoms with Crippen molar-refractivity contribution in [2.45, 2.75) is 25.2 Å². The Balaban J connectivity index is 2.47. The second-order valence-corrected chi connectivity index (χ2v) is 3.36. The fourth-order valence-corrected chi connectivity index (χ4v) is 1.65. The Morgan fingerprint density at radius 2 is 2.27 bits per heavy atom. The molecule has 0 aromatic heterocycles. The van der Waals surface area contributed by atoms with Gasteiger partial charge in [0.05, 0.1) is 18.3 Å². The van der Waals surface area contributed by atoms with Gasteiger partial charge in [-0.05, 0) is 12.8 Å². The average Bonchev–Trinajstić information content (AvgIpc) is 2.60. The van der Waals surface area contributed by atoms with Crippen molar-refractivity contribution in [2.75, 3.05) is 13.2 Å². The Bertz CT molecular complexity index is 252. The molecule has 1 rings (SSSR count). The van der Waals surface area contributed by atoms with Gasteiger partial charge in [0.2, 0.25) is 0 Å². The Morgan fingerprint density at radius 3 is 2.80 bits per heavy atom. The Kier molecular flexibility index (Phi) is 3.73. The molecule has 0 spiro atoms. The highest BCUT2D eigenvalue weighted by Crippen LogP contribution is 2.24. The summed E-state index contributed by atoms with van der Waals surface area (Å²) in [4.78, 5) is 12.0. The molecule has 1 unspecified atom stereocenters. The summed E-state index contributed by atoms with van der Waals surface area (Å²) in [7, 11) is 0. The topological polar surface area (TPSA) is 29.5 Å². The van der Waals surface area contributed by atoms with E-state index in [-0.39, 0.29) is 5.70 Å². The lowest BCUT2D eigenvalue weighted by molar-refractivity contribution is -0.327. The van der Waals surface area contributed by atoms with E-state index in [1.807, 2.05) is 0 Å². The zero-order valence-corrected chi connectivity index (χ0v) is 8.09. The first-order valence-corrected chi connectivity index (χ1v) is 4.55. The minimum absolute atomic E-state index is 0.211. The maximum absolute atomic E-state index is 11.8. The van der Waals surface area contributed by atoms with Crippen molar-refractivity contribution in [3.05, 3.63) is 12.3 Å². The SMILES string of the molecule is C=C(C=O)N1CCCC1COC(F)(F)F. The van der Waals surface area contributed by atoms with Crippen LogP contribution in [0.3, 0.4) is 0 Å². The zero-order chi connectivity index (χ0) is 11.5. The molecule has 86 valence electrons. The number of carbonyl (C=O) groups excluding carboxylic acids is 1. The first kappa shape index (κ1) is 12.0. The summed E-state index contributed by atoms with van der Waals surface area (Å²) in [6.45, 7) is 3.58. The number of rotatable bonds is 4. The number of nitrogens with zero attached hydrogens (tertiary/aromatic N) is 1. The molecule has 1 aliphatic rings. The minimum atomic E-state index is -4.61. The van der Waals surface area contributed by atoms with Crippen molar-refractivity contribution in [1.82, 2.24) is 4.90 Å². The zero-order valence-electron chi connectivity index (χ0n) is 8.09. The van der Waals surface area contributed by atoms with Crippen LogP contribution >= 0.6 is 0 Å². The lowest BCUT2D eigenvalue weighted by Gasteiger charge is -2.25. The second kappa shape index (κ2) is 4.65. The molecule has 3 nitrogen and oxygen atoms in total. The van der Waals surface area contributed by atoms with E-state index in [9.17, 15) is 18.0 Å². The van der Waals surface area contributed by atoms with E-state index >= 15 is 0 Å². The molecule has 0 saturated carbocycles. The maximum atomic E-state index is 11.8. The van der Waals surface area contributed by atoms with Gasteiger partial charge < -0.3 is 4.90 Å². The normalized spacial score (nSPS) is 21.8. The first-order valence-electron chi connectivity index (χ1n) is 4.55. The molecule has 6 heteroatoms. The fraction of sp³-hybridized carbons (Fsp3) is 0.667. The van der Waals surface area contributed by atoms with Crippen LogP contribution in [-0.4, -0.2) is 36.7 Å². The molecule has 1 atom stereocenters. The number of ether oxygens (including phenoxy) is 1. The number of carbonyl (C=O) groups is 1. The molecule has 1 fully saturated rings. The summed E-state index contributed by atoms with van der Waals surface area (Å²) in [5, 5.41) is 0. The third-order valence-corrected chi connectivity index (χ3v) is 2.32. The van der Waals surface area contributed by atoms with Gasteiger partial charge in [-0.1, -0.05) is 6.58 Å². The number of hydrogen-bond acceptors (Lipinski definition) is 3. The van der Waals surface area contributed by atoms with Crippen LogP contribution in [0.15, 0.2) is 12.3 Å². The van der Waals surface area contributed by atoms with Crippen molar-refractivity contribution in [3.63, 3.8) is 0 Å². The van der Waals surface area contributed by atoms with Crippen LogP contribution in [0.2, 0.25) is 0 Å². The molecule has 0 N–H and O–H groups in total. The van der Waals surface area contributed by atoms with E-state index in [1.54, 1.807) is 4.90 Å². The van der Waals surface area contributed by atoms with E-state index in [0.717, 1.165) is 6.42 Å². The number of hydrogen-bond donors (Lipinski definition) is 0. The van der Waals surface area contributed by atoms with Crippen LogP contribution in [0.5, 0.6) is 0 Å². The van der Waals surface area contributed by atoms with Gasteiger partial charge in [-0.15, -0.1) is 13.2 Å². The standard InChI is InChI=1S/C9H12F3NO2/c1-7(5-14)13-4-2-3-8(13)6-15-9(10,11)12/h5,8H,1-4,6H2. The van der Waals surface area contributed by atoms with E-state index in [4.69, 9.17) is 0 Å². The monoisotopic (exact) mass is 223 g/mol. The lowest BCUT2D eigenvalue weighted by atomic mass is 10.2. The Labute approximate surface area is 85.5 Å². The lowest BCUT2D eigenvalue weighted by Crippen LogP contribution is -2.34. The number of alkyl halides is 3. The predicted octanol–water partition coefficient (Wildman–Crippen LogP) is 1.70. The first-order chi connectivity index (χ1) is 6.94. The van der Waals surface area contributed by atoms with Gasteiger partial charge in [0.1, 0.15) is 0 Å². The summed E-state index contributed by atoms with van der Waals surface area (Å²) >= 11 is 0. The van der Waals surface area contributed by atoms with Gasteiger partial charge in [-0.2, -0.15) is 0 Å².